The Morgan fingerprint density at radius 1 is 0.893 bits per heavy atom. The van der Waals surface area contributed by atoms with E-state index in [1.165, 1.54) is 6.07 Å². The maximum Gasteiger partial charge on any atom is 0.216 e. The number of rotatable bonds is 2. The Hall–Kier alpha value is -3.46. The number of aryl methyl sites for hydroxylation is 2. The first-order chi connectivity index (χ1) is 14.0. The van der Waals surface area contributed by atoms with Gasteiger partial charge in [-0.3, -0.25) is 0 Å². The molecule has 0 N–H and O–H groups in total. The van der Waals surface area contributed by atoms with Gasteiger partial charge in [0.2, 0.25) is 5.69 Å². The third-order valence-electron chi connectivity index (χ3n) is 5.23. The molecule has 0 aliphatic carbocycles. The van der Waals surface area contributed by atoms with Crippen LogP contribution in [0, 0.1) is 12.7 Å². The Morgan fingerprint density at radius 3 is 2.46 bits per heavy atom. The number of halogens is 1. The molecule has 0 bridgehead atoms. The summed E-state index contributed by atoms with van der Waals surface area (Å²) >= 11 is 0. The van der Waals surface area contributed by atoms with E-state index in [2.05, 4.69) is 35.0 Å². The third-order valence-corrected chi connectivity index (χ3v) is 5.23. The van der Waals surface area contributed by atoms with Crippen molar-refractivity contribution in [2.45, 2.75) is 6.92 Å². The average molecular weight is 369 g/mol. The van der Waals surface area contributed by atoms with Crippen molar-refractivity contribution in [2.75, 3.05) is 0 Å². The topological polar surface area (TPSA) is 17.0 Å². The molecule has 0 aliphatic rings. The van der Waals surface area contributed by atoms with Crippen LogP contribution in [-0.2, 0) is 7.05 Å². The molecule has 2 aromatic heterocycles. The lowest BCUT2D eigenvalue weighted by atomic mass is 9.99. The number of aromatic nitrogens is 1. The summed E-state index contributed by atoms with van der Waals surface area (Å²) in [5.41, 5.74) is 6.27. The normalized spacial score (nSPS) is 11.9. The summed E-state index contributed by atoms with van der Waals surface area (Å²) < 4.78 is 30.1. The Kier molecular flexibility index (Phi) is 3.51. The van der Waals surface area contributed by atoms with Gasteiger partial charge in [0, 0.05) is 28.4 Å². The zero-order chi connectivity index (χ0) is 20.1. The Labute approximate surface area is 163 Å². The van der Waals surface area contributed by atoms with Crippen LogP contribution in [0.4, 0.5) is 4.39 Å². The van der Waals surface area contributed by atoms with Crippen LogP contribution in [0.5, 0.6) is 0 Å². The van der Waals surface area contributed by atoms with Gasteiger partial charge >= 0.3 is 0 Å². The van der Waals surface area contributed by atoms with Crippen molar-refractivity contribution in [2.24, 2.45) is 7.05 Å². The van der Waals surface area contributed by atoms with Crippen molar-refractivity contribution in [1.82, 2.24) is 0 Å². The fourth-order valence-electron chi connectivity index (χ4n) is 3.83. The van der Waals surface area contributed by atoms with E-state index in [0.717, 1.165) is 38.7 Å². The van der Waals surface area contributed by atoms with E-state index in [1.54, 1.807) is 6.07 Å². The highest BCUT2D eigenvalue weighted by Crippen LogP contribution is 2.37. The number of furan rings is 1. The molecule has 3 heteroatoms. The zero-order valence-electron chi connectivity index (χ0n) is 16.7. The quantitative estimate of drug-likeness (QED) is 0.339. The largest absolute Gasteiger partial charge is 0.455 e. The van der Waals surface area contributed by atoms with Crippen LogP contribution < -0.4 is 4.57 Å². The minimum atomic E-state index is -0.576. The van der Waals surface area contributed by atoms with E-state index < -0.39 is 5.82 Å². The molecule has 2 heterocycles. The number of nitrogens with zero attached hydrogens (tertiary/aromatic N) is 1. The molecule has 0 radical (unpaired) electrons. The van der Waals surface area contributed by atoms with Crippen LogP contribution >= 0.6 is 0 Å². The lowest BCUT2D eigenvalue weighted by Crippen LogP contribution is -2.30. The van der Waals surface area contributed by atoms with Crippen molar-refractivity contribution >= 4 is 21.9 Å². The van der Waals surface area contributed by atoms with Gasteiger partial charge in [0.15, 0.2) is 6.20 Å². The van der Waals surface area contributed by atoms with Gasteiger partial charge in [-0.15, -0.1) is 0 Å². The predicted octanol–water partition coefficient (Wildman–Crippen LogP) is 6.19. The summed E-state index contributed by atoms with van der Waals surface area (Å²) in [5.74, 6) is -0.576. The minimum absolute atomic E-state index is 0.203. The standard InChI is InChI=1S/C25H19FNO/c1-16-8-11-21-20-12-10-19(26)14-23(20)28-25(21)24(16)22-13-9-18(15-27(22)2)17-6-4-3-5-7-17/h3-15H,1-2H3/q+1/i14D. The molecule has 0 aliphatic heterocycles. The van der Waals surface area contributed by atoms with Crippen molar-refractivity contribution < 1.29 is 14.7 Å². The monoisotopic (exact) mass is 369 g/mol. The number of hydrogen-bond acceptors (Lipinski definition) is 1. The molecule has 3 aromatic carbocycles. The van der Waals surface area contributed by atoms with Crippen molar-refractivity contribution in [1.29, 1.82) is 0 Å². The Balaban J connectivity index is 1.77. The summed E-state index contributed by atoms with van der Waals surface area (Å²) in [6.07, 6.45) is 2.10. The minimum Gasteiger partial charge on any atom is -0.455 e. The van der Waals surface area contributed by atoms with Crippen LogP contribution in [-0.4, -0.2) is 0 Å². The molecular formula is C25H19FNO+. The van der Waals surface area contributed by atoms with Crippen LogP contribution in [0.2, 0.25) is 0 Å². The van der Waals surface area contributed by atoms with Crippen molar-refractivity contribution in [3.8, 4) is 22.4 Å². The molecule has 0 spiro atoms. The van der Waals surface area contributed by atoms with E-state index in [0.29, 0.717) is 5.58 Å². The lowest BCUT2D eigenvalue weighted by molar-refractivity contribution is -0.659. The predicted molar refractivity (Wildman–Crippen MR) is 110 cm³/mol. The Bertz CT molecular complexity index is 1390. The highest BCUT2D eigenvalue weighted by atomic mass is 19.1. The zero-order valence-corrected chi connectivity index (χ0v) is 15.7. The number of benzene rings is 3. The second kappa shape index (κ2) is 6.31. The summed E-state index contributed by atoms with van der Waals surface area (Å²) in [6.45, 7) is 2.04. The molecule has 28 heavy (non-hydrogen) atoms. The SMILES string of the molecule is [2H]c1c(F)ccc2c1oc1c(-c3ccc(-c4ccccc4)c[n+]3C)c(C)ccc12. The van der Waals surface area contributed by atoms with Gasteiger partial charge in [-0.25, -0.2) is 8.96 Å². The molecule has 0 saturated heterocycles. The first kappa shape index (κ1) is 15.6. The summed E-state index contributed by atoms with van der Waals surface area (Å²) in [4.78, 5) is 0. The van der Waals surface area contributed by atoms with Gasteiger partial charge in [0.25, 0.3) is 0 Å². The maximum atomic E-state index is 13.9. The second-order valence-electron chi connectivity index (χ2n) is 7.07. The fourth-order valence-corrected chi connectivity index (χ4v) is 3.83. The van der Waals surface area contributed by atoms with E-state index >= 15 is 0 Å². The van der Waals surface area contributed by atoms with Crippen LogP contribution in [0.15, 0.2) is 83.4 Å². The molecule has 0 unspecified atom stereocenters. The number of fused-ring (bicyclic) bond motifs is 3. The van der Waals surface area contributed by atoms with Crippen LogP contribution in [0.3, 0.4) is 0 Å². The van der Waals surface area contributed by atoms with Gasteiger partial charge in [-0.2, -0.15) is 0 Å². The molecule has 0 atom stereocenters. The van der Waals surface area contributed by atoms with E-state index in [1.807, 2.05) is 44.3 Å². The molecule has 5 aromatic rings. The smallest absolute Gasteiger partial charge is 0.216 e. The molecule has 0 saturated carbocycles. The van der Waals surface area contributed by atoms with E-state index in [9.17, 15) is 4.39 Å². The number of pyridine rings is 1. The van der Waals surface area contributed by atoms with Gasteiger partial charge in [-0.1, -0.05) is 42.5 Å². The Morgan fingerprint density at radius 2 is 1.68 bits per heavy atom. The van der Waals surface area contributed by atoms with Crippen LogP contribution in [0.1, 0.15) is 6.93 Å². The summed E-state index contributed by atoms with van der Waals surface area (Å²) in [5, 5.41) is 1.65. The first-order valence-electron chi connectivity index (χ1n) is 9.71. The van der Waals surface area contributed by atoms with Gasteiger partial charge in [0.05, 0.1) is 6.93 Å². The maximum absolute atomic E-state index is 13.9. The van der Waals surface area contributed by atoms with Gasteiger partial charge < -0.3 is 4.42 Å². The van der Waals surface area contributed by atoms with Gasteiger partial charge in [-0.05, 0) is 36.2 Å². The molecule has 0 amide bonds. The van der Waals surface area contributed by atoms with Gasteiger partial charge in [0.1, 0.15) is 24.0 Å². The van der Waals surface area contributed by atoms with E-state index in [4.69, 9.17) is 5.79 Å². The first-order valence-corrected chi connectivity index (χ1v) is 9.21. The second-order valence-corrected chi connectivity index (χ2v) is 7.07. The number of hydrogen-bond donors (Lipinski definition) is 0. The summed E-state index contributed by atoms with van der Waals surface area (Å²) in [6, 6.07) is 21.3. The average Bonchev–Trinajstić information content (AvgIpc) is 3.11. The highest BCUT2D eigenvalue weighted by Gasteiger charge is 2.21. The lowest BCUT2D eigenvalue weighted by Gasteiger charge is -2.07. The highest BCUT2D eigenvalue weighted by molar-refractivity contribution is 6.09. The van der Waals surface area contributed by atoms with E-state index in [-0.39, 0.29) is 11.6 Å². The van der Waals surface area contributed by atoms with Crippen molar-refractivity contribution in [3.63, 3.8) is 0 Å². The van der Waals surface area contributed by atoms with Crippen LogP contribution in [0.25, 0.3) is 44.3 Å². The summed E-state index contributed by atoms with van der Waals surface area (Å²) in [7, 11) is 2.01. The van der Waals surface area contributed by atoms with Crippen molar-refractivity contribution in [3.05, 3.63) is 90.3 Å². The fraction of sp³-hybridized carbons (Fsp3) is 0.0800. The molecule has 2 nitrogen and oxygen atoms in total. The molecule has 0 fully saturated rings. The molecule has 5 rings (SSSR count). The molecule has 136 valence electrons. The third kappa shape index (κ3) is 2.59. The molecular weight excluding hydrogens is 349 g/mol.